The molecule has 2 aliphatic heterocycles. The van der Waals surface area contributed by atoms with E-state index in [4.69, 9.17) is 9.47 Å². The molecule has 0 aromatic heterocycles. The number of rotatable bonds is 6. The zero-order valence-corrected chi connectivity index (χ0v) is 16.4. The lowest BCUT2D eigenvalue weighted by atomic mass is 10.1. The van der Waals surface area contributed by atoms with Crippen molar-refractivity contribution < 1.29 is 19.1 Å². The maximum Gasteiger partial charge on any atom is 0.228 e. The van der Waals surface area contributed by atoms with Crippen molar-refractivity contribution in [3.8, 4) is 11.5 Å². The molecule has 2 saturated heterocycles. The number of nitrogens with zero attached hydrogens (tertiary/aromatic N) is 3. The number of likely N-dealkylation sites (tertiary alicyclic amines) is 1. The summed E-state index contributed by atoms with van der Waals surface area (Å²) in [5.41, 5.74) is 1.08. The number of carbonyl (C=O) groups excluding carboxylic acids is 2. The van der Waals surface area contributed by atoms with Crippen LogP contribution in [0, 0.1) is 5.92 Å². The molecular weight excluding hydrogens is 346 g/mol. The van der Waals surface area contributed by atoms with Crippen molar-refractivity contribution in [2.45, 2.75) is 19.9 Å². The first-order valence-corrected chi connectivity index (χ1v) is 9.55. The number of carbonyl (C=O) groups is 2. The summed E-state index contributed by atoms with van der Waals surface area (Å²) in [4.78, 5) is 30.6. The van der Waals surface area contributed by atoms with E-state index in [-0.39, 0.29) is 17.7 Å². The van der Waals surface area contributed by atoms with Gasteiger partial charge in [0.1, 0.15) is 11.5 Å². The zero-order chi connectivity index (χ0) is 19.4. The van der Waals surface area contributed by atoms with Gasteiger partial charge < -0.3 is 19.3 Å². The van der Waals surface area contributed by atoms with Crippen molar-refractivity contribution in [2.75, 3.05) is 53.5 Å². The fraction of sp³-hybridized carbons (Fsp3) is 0.600. The molecule has 148 valence electrons. The first-order valence-electron chi connectivity index (χ1n) is 9.55. The molecule has 1 aromatic carbocycles. The Morgan fingerprint density at radius 2 is 1.89 bits per heavy atom. The lowest BCUT2D eigenvalue weighted by molar-refractivity contribution is -0.137. The molecule has 3 rings (SSSR count). The van der Waals surface area contributed by atoms with Crippen LogP contribution < -0.4 is 9.47 Å². The number of benzene rings is 1. The van der Waals surface area contributed by atoms with Crippen LogP contribution >= 0.6 is 0 Å². The molecule has 0 saturated carbocycles. The Balaban J connectivity index is 1.55. The molecule has 1 atom stereocenters. The van der Waals surface area contributed by atoms with E-state index in [1.54, 1.807) is 19.1 Å². The van der Waals surface area contributed by atoms with Crippen LogP contribution in [0.3, 0.4) is 0 Å². The zero-order valence-electron chi connectivity index (χ0n) is 16.4. The van der Waals surface area contributed by atoms with Crippen molar-refractivity contribution in [3.63, 3.8) is 0 Å². The molecule has 0 bridgehead atoms. The van der Waals surface area contributed by atoms with E-state index in [2.05, 4.69) is 4.90 Å². The largest absolute Gasteiger partial charge is 0.497 e. The smallest absolute Gasteiger partial charge is 0.228 e. The summed E-state index contributed by atoms with van der Waals surface area (Å²) in [6.07, 6.45) is 0.355. The standard InChI is InChI=1S/C20H29N3O4/c1-4-22-14-16(12-19(22)24)20(25)23-9-7-21(8-10-23)13-15-11-17(26-2)5-6-18(15)27-3/h5-6,11,16H,4,7-10,12-14H2,1-3H3. The molecule has 0 radical (unpaired) electrons. The van der Waals surface area contributed by atoms with Gasteiger partial charge in [0.2, 0.25) is 11.8 Å². The summed E-state index contributed by atoms with van der Waals surface area (Å²) >= 11 is 0. The van der Waals surface area contributed by atoms with Gasteiger partial charge in [-0.2, -0.15) is 0 Å². The SMILES string of the molecule is CCN1CC(C(=O)N2CCN(Cc3cc(OC)ccc3OC)CC2)CC1=O. The summed E-state index contributed by atoms with van der Waals surface area (Å²) in [6.45, 7) is 6.97. The number of ether oxygens (including phenoxy) is 2. The van der Waals surface area contributed by atoms with Gasteiger partial charge in [-0.15, -0.1) is 0 Å². The fourth-order valence-electron chi connectivity index (χ4n) is 3.87. The lowest BCUT2D eigenvalue weighted by Crippen LogP contribution is -2.50. The second-order valence-corrected chi connectivity index (χ2v) is 7.11. The van der Waals surface area contributed by atoms with E-state index in [1.165, 1.54) is 0 Å². The highest BCUT2D eigenvalue weighted by Gasteiger charge is 2.36. The maximum absolute atomic E-state index is 12.7. The number of methoxy groups -OCH3 is 2. The van der Waals surface area contributed by atoms with Crippen LogP contribution in [0.25, 0.3) is 0 Å². The van der Waals surface area contributed by atoms with E-state index >= 15 is 0 Å². The third-order valence-corrected chi connectivity index (χ3v) is 5.51. The Bertz CT molecular complexity index is 686. The van der Waals surface area contributed by atoms with E-state index in [0.717, 1.165) is 36.7 Å². The highest BCUT2D eigenvalue weighted by Crippen LogP contribution is 2.26. The average molecular weight is 375 g/mol. The van der Waals surface area contributed by atoms with Crippen molar-refractivity contribution in [1.82, 2.24) is 14.7 Å². The topological polar surface area (TPSA) is 62.3 Å². The van der Waals surface area contributed by atoms with E-state index in [9.17, 15) is 9.59 Å². The summed E-state index contributed by atoms with van der Waals surface area (Å²) < 4.78 is 10.8. The maximum atomic E-state index is 12.7. The van der Waals surface area contributed by atoms with Crippen LogP contribution in [0.15, 0.2) is 18.2 Å². The van der Waals surface area contributed by atoms with Crippen LogP contribution in [0.2, 0.25) is 0 Å². The summed E-state index contributed by atoms with van der Waals surface area (Å²) in [5.74, 6) is 1.70. The van der Waals surface area contributed by atoms with Crippen LogP contribution in [0.5, 0.6) is 11.5 Å². The second-order valence-electron chi connectivity index (χ2n) is 7.11. The van der Waals surface area contributed by atoms with Crippen LogP contribution in [0.4, 0.5) is 0 Å². The Kier molecular flexibility index (Phi) is 6.21. The lowest BCUT2D eigenvalue weighted by Gasteiger charge is -2.36. The number of amides is 2. The van der Waals surface area contributed by atoms with E-state index < -0.39 is 0 Å². The van der Waals surface area contributed by atoms with Gasteiger partial charge in [0.05, 0.1) is 20.1 Å². The molecule has 0 spiro atoms. The summed E-state index contributed by atoms with van der Waals surface area (Å²) in [7, 11) is 3.33. The quantitative estimate of drug-likeness (QED) is 0.748. The number of piperazine rings is 1. The van der Waals surface area contributed by atoms with E-state index in [1.807, 2.05) is 30.0 Å². The number of hydrogen-bond acceptors (Lipinski definition) is 5. The minimum atomic E-state index is -0.178. The third kappa shape index (κ3) is 4.35. The number of hydrogen-bond donors (Lipinski definition) is 0. The predicted octanol–water partition coefficient (Wildman–Crippen LogP) is 1.22. The third-order valence-electron chi connectivity index (χ3n) is 5.51. The van der Waals surface area contributed by atoms with Gasteiger partial charge >= 0.3 is 0 Å². The van der Waals surface area contributed by atoms with Crippen LogP contribution in [-0.2, 0) is 16.1 Å². The Morgan fingerprint density at radius 3 is 2.48 bits per heavy atom. The second kappa shape index (κ2) is 8.61. The molecule has 2 heterocycles. The molecule has 0 aliphatic carbocycles. The van der Waals surface area contributed by atoms with Crippen LogP contribution in [-0.4, -0.2) is 80.0 Å². The van der Waals surface area contributed by atoms with Gasteiger partial charge in [-0.3, -0.25) is 14.5 Å². The molecular formula is C20H29N3O4. The molecule has 27 heavy (non-hydrogen) atoms. The summed E-state index contributed by atoms with van der Waals surface area (Å²) in [5, 5.41) is 0. The molecule has 1 aromatic rings. The molecule has 2 fully saturated rings. The monoisotopic (exact) mass is 375 g/mol. The van der Waals surface area contributed by atoms with Crippen molar-refractivity contribution in [2.24, 2.45) is 5.92 Å². The minimum Gasteiger partial charge on any atom is -0.497 e. The predicted molar refractivity (Wildman–Crippen MR) is 102 cm³/mol. The first kappa shape index (κ1) is 19.5. The fourth-order valence-corrected chi connectivity index (χ4v) is 3.87. The van der Waals surface area contributed by atoms with Crippen LogP contribution in [0.1, 0.15) is 18.9 Å². The normalized spacial score (nSPS) is 20.9. The van der Waals surface area contributed by atoms with Crippen molar-refractivity contribution in [1.29, 1.82) is 0 Å². The van der Waals surface area contributed by atoms with Gasteiger partial charge in [-0.1, -0.05) is 0 Å². The van der Waals surface area contributed by atoms with Crippen molar-refractivity contribution >= 4 is 11.8 Å². The molecule has 2 aliphatic rings. The van der Waals surface area contributed by atoms with E-state index in [0.29, 0.717) is 32.6 Å². The minimum absolute atomic E-state index is 0.0969. The average Bonchev–Trinajstić information content (AvgIpc) is 3.08. The van der Waals surface area contributed by atoms with Crippen molar-refractivity contribution in [3.05, 3.63) is 23.8 Å². The highest BCUT2D eigenvalue weighted by atomic mass is 16.5. The van der Waals surface area contributed by atoms with Gasteiger partial charge in [0.15, 0.2) is 0 Å². The Labute approximate surface area is 160 Å². The Morgan fingerprint density at radius 1 is 1.15 bits per heavy atom. The Hall–Kier alpha value is -2.28. The molecule has 1 unspecified atom stereocenters. The summed E-state index contributed by atoms with van der Waals surface area (Å²) in [6, 6.07) is 5.81. The van der Waals surface area contributed by atoms with Gasteiger partial charge in [-0.25, -0.2) is 0 Å². The van der Waals surface area contributed by atoms with Gasteiger partial charge in [0, 0.05) is 57.8 Å². The first-order chi connectivity index (χ1) is 13.0. The molecule has 7 heteroatoms. The molecule has 2 amide bonds. The van der Waals surface area contributed by atoms with Gasteiger partial charge in [0.25, 0.3) is 0 Å². The highest BCUT2D eigenvalue weighted by molar-refractivity contribution is 5.89. The molecule has 7 nitrogen and oxygen atoms in total. The molecule has 0 N–H and O–H groups in total. The van der Waals surface area contributed by atoms with Gasteiger partial charge in [-0.05, 0) is 25.1 Å².